The zero-order valence-electron chi connectivity index (χ0n) is 12.4. The maximum absolute atomic E-state index is 12.0. The van der Waals surface area contributed by atoms with Gasteiger partial charge in [0.25, 0.3) is 0 Å². The molecule has 2 N–H and O–H groups in total. The number of halogens is 2. The minimum absolute atomic E-state index is 0.113. The average Bonchev–Trinajstić information content (AvgIpc) is 3.11. The highest BCUT2D eigenvalue weighted by molar-refractivity contribution is 6.36. The topological polar surface area (TPSA) is 71.8 Å². The highest BCUT2D eigenvalue weighted by atomic mass is 35.5. The van der Waals surface area contributed by atoms with Gasteiger partial charge in [-0.15, -0.1) is 0 Å². The van der Waals surface area contributed by atoms with Gasteiger partial charge >= 0.3 is 0 Å². The number of anilines is 2. The SMILES string of the molecule is O=C(CNc1ccc(-n2cncn2)cc1)Nc1ccc(Cl)cc1Cl. The number of carbonyl (C=O) groups is 1. The summed E-state index contributed by atoms with van der Waals surface area (Å²) >= 11 is 11.8. The fourth-order valence-corrected chi connectivity index (χ4v) is 2.50. The van der Waals surface area contributed by atoms with Gasteiger partial charge in [-0.25, -0.2) is 9.67 Å². The monoisotopic (exact) mass is 361 g/mol. The van der Waals surface area contributed by atoms with E-state index in [2.05, 4.69) is 20.7 Å². The van der Waals surface area contributed by atoms with Crippen LogP contribution in [-0.2, 0) is 4.79 Å². The van der Waals surface area contributed by atoms with Crippen LogP contribution in [0.5, 0.6) is 0 Å². The molecule has 2 aromatic carbocycles. The van der Waals surface area contributed by atoms with E-state index in [9.17, 15) is 4.79 Å². The summed E-state index contributed by atoms with van der Waals surface area (Å²) < 4.78 is 1.65. The molecular formula is C16H13Cl2N5O. The van der Waals surface area contributed by atoms with Crippen LogP contribution in [0.25, 0.3) is 5.69 Å². The molecule has 0 atom stereocenters. The summed E-state index contributed by atoms with van der Waals surface area (Å²) in [7, 11) is 0. The molecule has 3 aromatic rings. The molecule has 0 fully saturated rings. The molecule has 0 saturated carbocycles. The average molecular weight is 362 g/mol. The van der Waals surface area contributed by atoms with Gasteiger partial charge in [0.1, 0.15) is 12.7 Å². The Labute approximate surface area is 148 Å². The Kier molecular flexibility index (Phi) is 4.98. The predicted octanol–water partition coefficient (Wildman–Crippen LogP) is 3.62. The van der Waals surface area contributed by atoms with E-state index < -0.39 is 0 Å². The van der Waals surface area contributed by atoms with E-state index in [0.717, 1.165) is 11.4 Å². The van der Waals surface area contributed by atoms with Crippen LogP contribution in [0.4, 0.5) is 11.4 Å². The first-order chi connectivity index (χ1) is 11.6. The Morgan fingerprint density at radius 3 is 2.58 bits per heavy atom. The van der Waals surface area contributed by atoms with Crippen molar-refractivity contribution in [2.45, 2.75) is 0 Å². The van der Waals surface area contributed by atoms with E-state index in [1.165, 1.54) is 6.33 Å². The summed E-state index contributed by atoms with van der Waals surface area (Å²) in [6, 6.07) is 12.4. The van der Waals surface area contributed by atoms with Gasteiger partial charge in [-0.3, -0.25) is 4.79 Å². The second-order valence-electron chi connectivity index (χ2n) is 4.91. The van der Waals surface area contributed by atoms with Gasteiger partial charge in [-0.1, -0.05) is 23.2 Å². The van der Waals surface area contributed by atoms with Crippen LogP contribution < -0.4 is 10.6 Å². The summed E-state index contributed by atoms with van der Waals surface area (Å²) in [5, 5.41) is 10.7. The predicted molar refractivity (Wildman–Crippen MR) is 94.9 cm³/mol. The second-order valence-corrected chi connectivity index (χ2v) is 5.76. The maximum Gasteiger partial charge on any atom is 0.243 e. The number of hydrogen-bond donors (Lipinski definition) is 2. The van der Waals surface area contributed by atoms with E-state index in [0.29, 0.717) is 15.7 Å². The van der Waals surface area contributed by atoms with E-state index in [1.54, 1.807) is 29.2 Å². The van der Waals surface area contributed by atoms with Gasteiger partial charge in [0.15, 0.2) is 0 Å². The number of amides is 1. The van der Waals surface area contributed by atoms with Crippen LogP contribution in [0.1, 0.15) is 0 Å². The van der Waals surface area contributed by atoms with Crippen molar-refractivity contribution in [3.05, 3.63) is 65.2 Å². The Hall–Kier alpha value is -2.57. The van der Waals surface area contributed by atoms with Crippen molar-refractivity contribution in [2.75, 3.05) is 17.2 Å². The normalized spacial score (nSPS) is 10.4. The van der Waals surface area contributed by atoms with E-state index in [-0.39, 0.29) is 12.5 Å². The molecule has 0 aliphatic carbocycles. The van der Waals surface area contributed by atoms with Crippen molar-refractivity contribution < 1.29 is 4.79 Å². The van der Waals surface area contributed by atoms with Gasteiger partial charge in [0.05, 0.1) is 22.9 Å². The lowest BCUT2D eigenvalue weighted by atomic mass is 10.3. The van der Waals surface area contributed by atoms with E-state index in [1.807, 2.05) is 24.3 Å². The summed E-state index contributed by atoms with van der Waals surface area (Å²) in [5.41, 5.74) is 2.22. The highest BCUT2D eigenvalue weighted by Gasteiger charge is 2.06. The summed E-state index contributed by atoms with van der Waals surface area (Å²) in [6.07, 6.45) is 3.09. The van der Waals surface area contributed by atoms with E-state index in [4.69, 9.17) is 23.2 Å². The third-order valence-corrected chi connectivity index (χ3v) is 3.76. The van der Waals surface area contributed by atoms with E-state index >= 15 is 0 Å². The van der Waals surface area contributed by atoms with Gasteiger partial charge < -0.3 is 10.6 Å². The summed E-state index contributed by atoms with van der Waals surface area (Å²) in [4.78, 5) is 15.9. The number of aromatic nitrogens is 3. The highest BCUT2D eigenvalue weighted by Crippen LogP contribution is 2.25. The molecule has 6 nitrogen and oxygen atoms in total. The molecule has 0 bridgehead atoms. The minimum Gasteiger partial charge on any atom is -0.376 e. The molecule has 24 heavy (non-hydrogen) atoms. The quantitative estimate of drug-likeness (QED) is 0.727. The van der Waals surface area contributed by atoms with Crippen LogP contribution in [0, 0.1) is 0 Å². The second kappa shape index (κ2) is 7.33. The van der Waals surface area contributed by atoms with Gasteiger partial charge in [-0.2, -0.15) is 5.10 Å². The molecule has 0 spiro atoms. The number of nitrogens with one attached hydrogen (secondary N) is 2. The third-order valence-electron chi connectivity index (χ3n) is 3.21. The minimum atomic E-state index is -0.209. The van der Waals surface area contributed by atoms with Crippen LogP contribution in [0.15, 0.2) is 55.1 Å². The van der Waals surface area contributed by atoms with Crippen LogP contribution in [-0.4, -0.2) is 27.2 Å². The van der Waals surface area contributed by atoms with Gasteiger partial charge in [0, 0.05) is 10.7 Å². The number of nitrogens with zero attached hydrogens (tertiary/aromatic N) is 3. The molecule has 0 unspecified atom stereocenters. The third kappa shape index (κ3) is 4.04. The first kappa shape index (κ1) is 16.3. The first-order valence-electron chi connectivity index (χ1n) is 7.05. The molecule has 0 aliphatic rings. The van der Waals surface area contributed by atoms with Gasteiger partial charge in [0.2, 0.25) is 5.91 Å². The Morgan fingerprint density at radius 1 is 1.12 bits per heavy atom. The summed E-state index contributed by atoms with van der Waals surface area (Å²) in [6.45, 7) is 0.113. The lowest BCUT2D eigenvalue weighted by Crippen LogP contribution is -2.21. The standard InChI is InChI=1S/C16H13Cl2N5O/c17-11-1-6-15(14(18)7-11)22-16(24)8-20-12-2-4-13(5-3-12)23-10-19-9-21-23/h1-7,9-10,20H,8H2,(H,22,24). The maximum atomic E-state index is 12.0. The van der Waals surface area contributed by atoms with Crippen LogP contribution >= 0.6 is 23.2 Å². The van der Waals surface area contributed by atoms with Crippen molar-refractivity contribution in [2.24, 2.45) is 0 Å². The number of benzene rings is 2. The molecule has 0 aliphatic heterocycles. The van der Waals surface area contributed by atoms with Crippen molar-refractivity contribution in [1.82, 2.24) is 14.8 Å². The largest absolute Gasteiger partial charge is 0.376 e. The van der Waals surface area contributed by atoms with Crippen LogP contribution in [0.2, 0.25) is 10.0 Å². The fourth-order valence-electron chi connectivity index (χ4n) is 2.04. The van der Waals surface area contributed by atoms with Gasteiger partial charge in [-0.05, 0) is 42.5 Å². The summed E-state index contributed by atoms with van der Waals surface area (Å²) in [5.74, 6) is -0.209. The Morgan fingerprint density at radius 2 is 1.92 bits per heavy atom. The molecular weight excluding hydrogens is 349 g/mol. The van der Waals surface area contributed by atoms with Crippen molar-refractivity contribution >= 4 is 40.5 Å². The molecule has 0 radical (unpaired) electrons. The van der Waals surface area contributed by atoms with Crippen molar-refractivity contribution in [3.8, 4) is 5.69 Å². The molecule has 0 saturated heterocycles. The Balaban J connectivity index is 1.56. The number of rotatable bonds is 5. The molecule has 3 rings (SSSR count). The first-order valence-corrected chi connectivity index (χ1v) is 7.81. The molecule has 1 heterocycles. The molecule has 122 valence electrons. The van der Waals surface area contributed by atoms with Crippen LogP contribution in [0.3, 0.4) is 0 Å². The smallest absolute Gasteiger partial charge is 0.243 e. The molecule has 1 amide bonds. The zero-order chi connectivity index (χ0) is 16.9. The molecule has 1 aromatic heterocycles. The Bertz CT molecular complexity index is 834. The number of hydrogen-bond acceptors (Lipinski definition) is 4. The van der Waals surface area contributed by atoms with Crippen molar-refractivity contribution in [3.63, 3.8) is 0 Å². The lowest BCUT2D eigenvalue weighted by molar-refractivity contribution is -0.114. The lowest BCUT2D eigenvalue weighted by Gasteiger charge is -2.10. The fraction of sp³-hybridized carbons (Fsp3) is 0.0625. The molecule has 8 heteroatoms. The zero-order valence-corrected chi connectivity index (χ0v) is 13.9. The number of carbonyl (C=O) groups excluding carboxylic acids is 1. The van der Waals surface area contributed by atoms with Crippen molar-refractivity contribution in [1.29, 1.82) is 0 Å².